The van der Waals surface area contributed by atoms with Crippen LogP contribution in [0.1, 0.15) is 25.3 Å². The predicted octanol–water partition coefficient (Wildman–Crippen LogP) is 4.26. The molecule has 88 valence electrons. The molecule has 1 atom stereocenters. The Morgan fingerprint density at radius 3 is 2.75 bits per heavy atom. The predicted molar refractivity (Wildman–Crippen MR) is 70.4 cm³/mol. The van der Waals surface area contributed by atoms with Crippen molar-refractivity contribution in [3.8, 4) is 0 Å². The number of carbonyl (C=O) groups is 1. The Balaban J connectivity index is 2.69. The molecule has 1 unspecified atom stereocenters. The van der Waals surface area contributed by atoms with Gasteiger partial charge in [0.2, 0.25) is 0 Å². The van der Waals surface area contributed by atoms with E-state index in [0.717, 1.165) is 6.42 Å². The molecule has 0 aliphatic carbocycles. The van der Waals surface area contributed by atoms with Crippen molar-refractivity contribution in [1.82, 2.24) is 0 Å². The van der Waals surface area contributed by atoms with Crippen LogP contribution < -0.4 is 0 Å². The van der Waals surface area contributed by atoms with Crippen LogP contribution in [0.25, 0.3) is 0 Å². The lowest BCUT2D eigenvalue weighted by atomic mass is 10.0. The summed E-state index contributed by atoms with van der Waals surface area (Å²) in [5.74, 6) is -0.145. The largest absolute Gasteiger partial charge is 0.298 e. The fourth-order valence-electron chi connectivity index (χ4n) is 1.40. The van der Waals surface area contributed by atoms with Gasteiger partial charge in [0.05, 0.1) is 4.83 Å². The minimum absolute atomic E-state index is 0.129. The van der Waals surface area contributed by atoms with Crippen LogP contribution in [0, 0.1) is 5.82 Å². The Morgan fingerprint density at radius 1 is 1.50 bits per heavy atom. The van der Waals surface area contributed by atoms with E-state index in [2.05, 4.69) is 31.9 Å². The standard InChI is InChI=1S/C12H13Br2FO/c1-2-3-12(16)10(14)6-8-4-5-9(13)7-11(8)15/h4-5,7,10H,2-3,6H2,1H3. The summed E-state index contributed by atoms with van der Waals surface area (Å²) in [6, 6.07) is 4.90. The summed E-state index contributed by atoms with van der Waals surface area (Å²) in [6.07, 6.45) is 1.76. The number of rotatable bonds is 5. The molecule has 1 aromatic carbocycles. The first kappa shape index (κ1) is 13.8. The number of Topliss-reactive ketones (excluding diaryl/α,β-unsaturated/α-hetero) is 1. The molecule has 1 nitrogen and oxygen atoms in total. The SMILES string of the molecule is CCCC(=O)C(Br)Cc1ccc(Br)cc1F. The summed E-state index contributed by atoms with van der Waals surface area (Å²) in [6.45, 7) is 1.96. The van der Waals surface area contributed by atoms with Crippen molar-refractivity contribution in [2.24, 2.45) is 0 Å². The topological polar surface area (TPSA) is 17.1 Å². The zero-order chi connectivity index (χ0) is 12.1. The maximum Gasteiger partial charge on any atom is 0.146 e. The van der Waals surface area contributed by atoms with Crippen molar-refractivity contribution < 1.29 is 9.18 Å². The number of hydrogen-bond donors (Lipinski definition) is 0. The van der Waals surface area contributed by atoms with Gasteiger partial charge in [0.25, 0.3) is 0 Å². The lowest BCUT2D eigenvalue weighted by molar-refractivity contribution is -0.118. The summed E-state index contributed by atoms with van der Waals surface area (Å²) in [4.78, 5) is 11.3. The van der Waals surface area contributed by atoms with E-state index in [0.29, 0.717) is 22.9 Å². The summed E-state index contributed by atoms with van der Waals surface area (Å²) in [7, 11) is 0. The van der Waals surface area contributed by atoms with Crippen molar-refractivity contribution in [3.63, 3.8) is 0 Å². The second-order valence-electron chi connectivity index (χ2n) is 3.62. The van der Waals surface area contributed by atoms with Crippen LogP contribution in [0.4, 0.5) is 4.39 Å². The van der Waals surface area contributed by atoms with Crippen LogP contribution in [0.15, 0.2) is 22.7 Å². The molecule has 0 aliphatic rings. The Kier molecular flexibility index (Phi) is 5.62. The van der Waals surface area contributed by atoms with Gasteiger partial charge in [-0.15, -0.1) is 0 Å². The third kappa shape index (κ3) is 3.98. The van der Waals surface area contributed by atoms with Gasteiger partial charge < -0.3 is 0 Å². The fraction of sp³-hybridized carbons (Fsp3) is 0.417. The normalized spacial score (nSPS) is 12.5. The number of benzene rings is 1. The Labute approximate surface area is 112 Å². The lowest BCUT2D eigenvalue weighted by Crippen LogP contribution is -2.16. The van der Waals surface area contributed by atoms with Gasteiger partial charge in [0, 0.05) is 10.9 Å². The quantitative estimate of drug-likeness (QED) is 0.724. The highest BCUT2D eigenvalue weighted by Crippen LogP contribution is 2.19. The van der Waals surface area contributed by atoms with E-state index in [4.69, 9.17) is 0 Å². The van der Waals surface area contributed by atoms with Crippen LogP contribution in [0.5, 0.6) is 0 Å². The van der Waals surface area contributed by atoms with Gasteiger partial charge in [0.15, 0.2) is 0 Å². The molecule has 0 amide bonds. The van der Waals surface area contributed by atoms with E-state index in [1.54, 1.807) is 12.1 Å². The molecule has 1 rings (SSSR count). The molecule has 1 aromatic rings. The fourth-order valence-corrected chi connectivity index (χ4v) is 2.31. The van der Waals surface area contributed by atoms with Gasteiger partial charge in [0.1, 0.15) is 11.6 Å². The summed E-state index contributed by atoms with van der Waals surface area (Å²) in [5.41, 5.74) is 0.564. The molecule has 0 radical (unpaired) electrons. The molecule has 0 N–H and O–H groups in total. The molecular formula is C12H13Br2FO. The maximum absolute atomic E-state index is 13.5. The minimum atomic E-state index is -0.289. The van der Waals surface area contributed by atoms with Gasteiger partial charge in [-0.1, -0.05) is 44.8 Å². The van der Waals surface area contributed by atoms with Gasteiger partial charge >= 0.3 is 0 Å². The second kappa shape index (κ2) is 6.50. The molecule has 0 bridgehead atoms. The van der Waals surface area contributed by atoms with E-state index in [1.165, 1.54) is 6.07 Å². The second-order valence-corrected chi connectivity index (χ2v) is 5.64. The number of carbonyl (C=O) groups excluding carboxylic acids is 1. The Bertz CT molecular complexity index is 379. The van der Waals surface area contributed by atoms with Crippen molar-refractivity contribution in [1.29, 1.82) is 0 Å². The van der Waals surface area contributed by atoms with Crippen LogP contribution in [0.3, 0.4) is 0 Å². The Hall–Kier alpha value is -0.220. The highest BCUT2D eigenvalue weighted by Gasteiger charge is 2.16. The molecule has 0 heterocycles. The maximum atomic E-state index is 13.5. The van der Waals surface area contributed by atoms with E-state index >= 15 is 0 Å². The van der Waals surface area contributed by atoms with E-state index in [-0.39, 0.29) is 16.4 Å². The minimum Gasteiger partial charge on any atom is -0.298 e. The molecule has 0 saturated carbocycles. The molecule has 4 heteroatoms. The van der Waals surface area contributed by atoms with Gasteiger partial charge in [-0.25, -0.2) is 4.39 Å². The molecule has 0 fully saturated rings. The zero-order valence-electron chi connectivity index (χ0n) is 8.97. The summed E-state index contributed by atoms with van der Waals surface area (Å²) >= 11 is 6.50. The van der Waals surface area contributed by atoms with Crippen LogP contribution in [-0.4, -0.2) is 10.6 Å². The molecule has 0 spiro atoms. The first-order valence-corrected chi connectivity index (χ1v) is 6.86. The number of alkyl halides is 1. The summed E-state index contributed by atoms with van der Waals surface area (Å²) in [5, 5.41) is 0. The highest BCUT2D eigenvalue weighted by atomic mass is 79.9. The van der Waals surface area contributed by atoms with Crippen molar-refractivity contribution in [2.75, 3.05) is 0 Å². The van der Waals surface area contributed by atoms with Crippen LogP contribution in [-0.2, 0) is 11.2 Å². The van der Waals surface area contributed by atoms with Gasteiger partial charge in [-0.2, -0.15) is 0 Å². The highest BCUT2D eigenvalue weighted by molar-refractivity contribution is 9.10. The first-order chi connectivity index (χ1) is 7.54. The monoisotopic (exact) mass is 350 g/mol. The molecular weight excluding hydrogens is 339 g/mol. The number of hydrogen-bond acceptors (Lipinski definition) is 1. The summed E-state index contributed by atoms with van der Waals surface area (Å²) < 4.78 is 14.2. The molecule has 0 saturated heterocycles. The average molecular weight is 352 g/mol. The molecule has 0 aromatic heterocycles. The first-order valence-electron chi connectivity index (χ1n) is 5.15. The smallest absolute Gasteiger partial charge is 0.146 e. The van der Waals surface area contributed by atoms with Crippen LogP contribution in [0.2, 0.25) is 0 Å². The van der Waals surface area contributed by atoms with E-state index < -0.39 is 0 Å². The van der Waals surface area contributed by atoms with Crippen molar-refractivity contribution >= 4 is 37.6 Å². The van der Waals surface area contributed by atoms with Crippen molar-refractivity contribution in [2.45, 2.75) is 31.0 Å². The lowest BCUT2D eigenvalue weighted by Gasteiger charge is -2.09. The third-order valence-corrected chi connectivity index (χ3v) is 3.59. The van der Waals surface area contributed by atoms with Crippen LogP contribution >= 0.6 is 31.9 Å². The average Bonchev–Trinajstić information content (AvgIpc) is 2.22. The van der Waals surface area contributed by atoms with Gasteiger partial charge in [-0.3, -0.25) is 4.79 Å². The number of ketones is 1. The Morgan fingerprint density at radius 2 is 2.19 bits per heavy atom. The third-order valence-electron chi connectivity index (χ3n) is 2.26. The number of halogens is 3. The van der Waals surface area contributed by atoms with Gasteiger partial charge in [-0.05, 0) is 30.5 Å². The van der Waals surface area contributed by atoms with E-state index in [9.17, 15) is 9.18 Å². The van der Waals surface area contributed by atoms with Crippen molar-refractivity contribution in [3.05, 3.63) is 34.1 Å². The van der Waals surface area contributed by atoms with E-state index in [1.807, 2.05) is 6.92 Å². The zero-order valence-corrected chi connectivity index (χ0v) is 12.1. The molecule has 0 aliphatic heterocycles. The molecule has 16 heavy (non-hydrogen) atoms.